The van der Waals surface area contributed by atoms with Gasteiger partial charge in [-0.15, -0.1) is 0 Å². The highest BCUT2D eigenvalue weighted by Crippen LogP contribution is 2.24. The molecule has 26 heavy (non-hydrogen) atoms. The molecule has 2 aromatic carbocycles. The zero-order valence-electron chi connectivity index (χ0n) is 14.6. The van der Waals surface area contributed by atoms with E-state index in [1.165, 1.54) is 16.4 Å². The Morgan fingerprint density at radius 2 is 1.65 bits per heavy atom. The molecule has 0 unspecified atom stereocenters. The lowest BCUT2D eigenvalue weighted by Crippen LogP contribution is -2.28. The van der Waals surface area contributed by atoms with Crippen LogP contribution in [0.25, 0.3) is 0 Å². The van der Waals surface area contributed by atoms with E-state index in [1.807, 2.05) is 19.1 Å². The van der Waals surface area contributed by atoms with Crippen molar-refractivity contribution >= 4 is 25.7 Å². The van der Waals surface area contributed by atoms with E-state index in [4.69, 9.17) is 0 Å². The van der Waals surface area contributed by atoms with E-state index in [2.05, 4.69) is 4.72 Å². The normalized spacial score (nSPS) is 15.9. The van der Waals surface area contributed by atoms with Gasteiger partial charge in [-0.2, -0.15) is 4.31 Å². The van der Waals surface area contributed by atoms with Crippen molar-refractivity contribution in [3.05, 3.63) is 59.7 Å². The molecule has 0 atom stereocenters. The van der Waals surface area contributed by atoms with Crippen molar-refractivity contribution in [2.45, 2.75) is 30.4 Å². The first kappa shape index (κ1) is 18.9. The van der Waals surface area contributed by atoms with Crippen LogP contribution in [0.2, 0.25) is 0 Å². The number of nitrogens with one attached hydrogen (secondary N) is 1. The van der Waals surface area contributed by atoms with Gasteiger partial charge in [0.25, 0.3) is 0 Å². The highest BCUT2D eigenvalue weighted by Gasteiger charge is 2.27. The molecule has 0 radical (unpaired) electrons. The molecule has 6 nitrogen and oxygen atoms in total. The Labute approximate surface area is 155 Å². The van der Waals surface area contributed by atoms with E-state index in [0.717, 1.165) is 18.4 Å². The third-order valence-corrected chi connectivity index (χ3v) is 7.55. The standard InChI is InChI=1S/C18H22N2O4S2/c1-15-7-2-3-8-16(15)14-25(21,22)19-17-9-6-10-18(13-17)26(23,24)20-11-4-5-12-20/h2-3,6-10,13,19H,4-5,11-12,14H2,1H3. The van der Waals surface area contributed by atoms with Crippen molar-refractivity contribution in [1.29, 1.82) is 0 Å². The molecular weight excluding hydrogens is 372 g/mol. The number of hydrogen-bond donors (Lipinski definition) is 1. The minimum Gasteiger partial charge on any atom is -0.283 e. The van der Waals surface area contributed by atoms with Gasteiger partial charge in [-0.05, 0) is 49.1 Å². The smallest absolute Gasteiger partial charge is 0.243 e. The second-order valence-electron chi connectivity index (χ2n) is 6.43. The lowest BCUT2D eigenvalue weighted by molar-refractivity contribution is 0.477. The van der Waals surface area contributed by atoms with Crippen molar-refractivity contribution < 1.29 is 16.8 Å². The fourth-order valence-corrected chi connectivity index (χ4v) is 5.85. The first-order valence-corrected chi connectivity index (χ1v) is 11.5. The van der Waals surface area contributed by atoms with Crippen LogP contribution in [0.5, 0.6) is 0 Å². The maximum absolute atomic E-state index is 12.6. The van der Waals surface area contributed by atoms with Crippen molar-refractivity contribution in [2.24, 2.45) is 0 Å². The minimum absolute atomic E-state index is 0.107. The molecule has 8 heteroatoms. The molecular formula is C18H22N2O4S2. The van der Waals surface area contributed by atoms with Gasteiger partial charge in [0.2, 0.25) is 20.0 Å². The maximum Gasteiger partial charge on any atom is 0.243 e. The summed E-state index contributed by atoms with van der Waals surface area (Å²) in [5.74, 6) is -0.164. The highest BCUT2D eigenvalue weighted by atomic mass is 32.2. The van der Waals surface area contributed by atoms with Crippen molar-refractivity contribution in [3.63, 3.8) is 0 Å². The molecule has 1 aliphatic heterocycles. The van der Waals surface area contributed by atoms with Gasteiger partial charge in [-0.3, -0.25) is 4.72 Å². The summed E-state index contributed by atoms with van der Waals surface area (Å²) in [5, 5.41) is 0. The Morgan fingerprint density at radius 3 is 2.35 bits per heavy atom. The van der Waals surface area contributed by atoms with Gasteiger partial charge < -0.3 is 0 Å². The first-order valence-electron chi connectivity index (χ1n) is 8.43. The molecule has 0 aliphatic carbocycles. The number of nitrogens with zero attached hydrogens (tertiary/aromatic N) is 1. The summed E-state index contributed by atoms with van der Waals surface area (Å²) in [6.07, 6.45) is 1.70. The van der Waals surface area contributed by atoms with Crippen molar-refractivity contribution in [3.8, 4) is 0 Å². The Bertz CT molecular complexity index is 995. The van der Waals surface area contributed by atoms with Crippen molar-refractivity contribution in [2.75, 3.05) is 17.8 Å². The van der Waals surface area contributed by atoms with Crippen LogP contribution in [0.15, 0.2) is 53.4 Å². The van der Waals surface area contributed by atoms with Crippen LogP contribution in [0, 0.1) is 6.92 Å². The van der Waals surface area contributed by atoms with Crippen molar-refractivity contribution in [1.82, 2.24) is 4.31 Å². The predicted molar refractivity (Wildman–Crippen MR) is 102 cm³/mol. The molecule has 1 fully saturated rings. The lowest BCUT2D eigenvalue weighted by Gasteiger charge is -2.16. The number of hydrogen-bond acceptors (Lipinski definition) is 4. The zero-order valence-corrected chi connectivity index (χ0v) is 16.2. The minimum atomic E-state index is -3.65. The van der Waals surface area contributed by atoms with Crippen LogP contribution in [-0.4, -0.2) is 34.2 Å². The average molecular weight is 395 g/mol. The molecule has 1 N–H and O–H groups in total. The van der Waals surface area contributed by atoms with Gasteiger partial charge in [-0.1, -0.05) is 30.3 Å². The van der Waals surface area contributed by atoms with Crippen LogP contribution in [0.1, 0.15) is 24.0 Å². The second kappa shape index (κ2) is 7.38. The van der Waals surface area contributed by atoms with Crippen LogP contribution < -0.4 is 4.72 Å². The van der Waals surface area contributed by atoms with E-state index >= 15 is 0 Å². The SMILES string of the molecule is Cc1ccccc1CS(=O)(=O)Nc1cccc(S(=O)(=O)N2CCCC2)c1. The molecule has 0 bridgehead atoms. The summed E-state index contributed by atoms with van der Waals surface area (Å²) in [7, 11) is -7.23. The van der Waals surface area contributed by atoms with Crippen LogP contribution in [0.3, 0.4) is 0 Å². The fourth-order valence-electron chi connectivity index (χ4n) is 2.99. The van der Waals surface area contributed by atoms with Gasteiger partial charge >= 0.3 is 0 Å². The summed E-state index contributed by atoms with van der Waals surface area (Å²) >= 11 is 0. The van der Waals surface area contributed by atoms with E-state index in [1.54, 1.807) is 24.3 Å². The van der Waals surface area contributed by atoms with E-state index < -0.39 is 20.0 Å². The molecule has 0 amide bonds. The van der Waals surface area contributed by atoms with E-state index in [9.17, 15) is 16.8 Å². The lowest BCUT2D eigenvalue weighted by atomic mass is 10.1. The van der Waals surface area contributed by atoms with Gasteiger partial charge in [0, 0.05) is 18.8 Å². The second-order valence-corrected chi connectivity index (χ2v) is 10.1. The quantitative estimate of drug-likeness (QED) is 0.817. The van der Waals surface area contributed by atoms with Crippen LogP contribution in [-0.2, 0) is 25.8 Å². The van der Waals surface area contributed by atoms with Crippen LogP contribution >= 0.6 is 0 Å². The Kier molecular flexibility index (Phi) is 5.36. The fraction of sp³-hybridized carbons (Fsp3) is 0.333. The molecule has 0 spiro atoms. The van der Waals surface area contributed by atoms with E-state index in [-0.39, 0.29) is 16.3 Å². The Hall–Kier alpha value is -1.90. The van der Waals surface area contributed by atoms with E-state index in [0.29, 0.717) is 18.7 Å². The zero-order chi connectivity index (χ0) is 18.8. The van der Waals surface area contributed by atoms with Gasteiger partial charge in [-0.25, -0.2) is 16.8 Å². The predicted octanol–water partition coefficient (Wildman–Crippen LogP) is 2.72. The molecule has 0 saturated carbocycles. The van der Waals surface area contributed by atoms with Gasteiger partial charge in [0.05, 0.1) is 10.6 Å². The molecule has 1 saturated heterocycles. The average Bonchev–Trinajstić information content (AvgIpc) is 3.12. The Morgan fingerprint density at radius 1 is 0.962 bits per heavy atom. The monoisotopic (exact) mass is 394 g/mol. The summed E-state index contributed by atoms with van der Waals surface area (Å²) in [6, 6.07) is 13.2. The summed E-state index contributed by atoms with van der Waals surface area (Å²) in [6.45, 7) is 2.87. The Balaban J connectivity index is 1.81. The first-order chi connectivity index (χ1) is 12.3. The maximum atomic E-state index is 12.6. The largest absolute Gasteiger partial charge is 0.283 e. The number of sulfonamides is 2. The molecule has 1 heterocycles. The molecule has 140 valence electrons. The molecule has 2 aromatic rings. The third kappa shape index (κ3) is 4.25. The number of benzene rings is 2. The molecule has 1 aliphatic rings. The number of aryl methyl sites for hydroxylation is 1. The topological polar surface area (TPSA) is 83.5 Å². The number of anilines is 1. The molecule has 0 aromatic heterocycles. The number of rotatable bonds is 6. The summed E-state index contributed by atoms with van der Waals surface area (Å²) in [4.78, 5) is 0.107. The highest BCUT2D eigenvalue weighted by molar-refractivity contribution is 7.92. The van der Waals surface area contributed by atoms with Crippen LogP contribution in [0.4, 0.5) is 5.69 Å². The van der Waals surface area contributed by atoms with Gasteiger partial charge in [0.15, 0.2) is 0 Å². The summed E-state index contributed by atoms with van der Waals surface area (Å²) < 4.78 is 54.1. The van der Waals surface area contributed by atoms with Gasteiger partial charge in [0.1, 0.15) is 0 Å². The summed E-state index contributed by atoms with van der Waals surface area (Å²) in [5.41, 5.74) is 1.85. The third-order valence-electron chi connectivity index (χ3n) is 4.42. The molecule has 3 rings (SSSR count).